The number of ether oxygens (including phenoxy) is 1. The highest BCUT2D eigenvalue weighted by molar-refractivity contribution is 4.99. The van der Waals surface area contributed by atoms with Gasteiger partial charge in [-0.2, -0.15) is 0 Å². The van der Waals surface area contributed by atoms with Crippen molar-refractivity contribution in [3.05, 3.63) is 0 Å². The van der Waals surface area contributed by atoms with Crippen molar-refractivity contribution in [2.24, 2.45) is 5.73 Å². The number of hydrogen-bond acceptors (Lipinski definition) is 9. The predicted octanol–water partition coefficient (Wildman–Crippen LogP) is 0.330. The fourth-order valence-electron chi connectivity index (χ4n) is 4.28. The van der Waals surface area contributed by atoms with Crippen LogP contribution in [0.3, 0.4) is 0 Å². The molecule has 0 aromatic carbocycles. The van der Waals surface area contributed by atoms with E-state index in [-0.39, 0.29) is 6.42 Å². The molecule has 33 heavy (non-hydrogen) atoms. The quantitative estimate of drug-likeness (QED) is 0.128. The SMILES string of the molecule is [2H]C1(C(O)[C@H](N)[C@H](O)[C@H](O)CCCCCCCCCCCCCC)O[C@H](CO)[C@@H](O)[C@H](O)[C@H]1O. The fraction of sp³-hybridized carbons (Fsp3) is 1.00. The zero-order valence-electron chi connectivity index (χ0n) is 21.1. The van der Waals surface area contributed by atoms with E-state index >= 15 is 0 Å². The summed E-state index contributed by atoms with van der Waals surface area (Å²) in [6.45, 7) is 1.45. The van der Waals surface area contributed by atoms with E-state index < -0.39 is 61.5 Å². The van der Waals surface area contributed by atoms with Gasteiger partial charge in [0.05, 0.1) is 26.2 Å². The molecular weight excluding hydrogens is 430 g/mol. The first-order valence-electron chi connectivity index (χ1n) is 13.2. The second kappa shape index (κ2) is 17.1. The van der Waals surface area contributed by atoms with Crippen molar-refractivity contribution in [3.8, 4) is 0 Å². The summed E-state index contributed by atoms with van der Waals surface area (Å²) < 4.78 is 13.4. The highest BCUT2D eigenvalue weighted by Gasteiger charge is 2.48. The van der Waals surface area contributed by atoms with E-state index in [1.54, 1.807) is 0 Å². The lowest BCUT2D eigenvalue weighted by atomic mass is 9.87. The molecule has 2 unspecified atom stereocenters. The Hall–Kier alpha value is -0.360. The zero-order chi connectivity index (χ0) is 25.7. The van der Waals surface area contributed by atoms with Crippen molar-refractivity contribution < 1.29 is 41.9 Å². The van der Waals surface area contributed by atoms with Crippen LogP contribution in [0.4, 0.5) is 0 Å². The maximum absolute atomic E-state index is 10.5. The van der Waals surface area contributed by atoms with Crippen LogP contribution in [-0.2, 0) is 4.74 Å². The Bertz CT molecular complexity index is 531. The molecule has 0 bridgehead atoms. The Balaban J connectivity index is 2.33. The molecule has 9 N–H and O–H groups in total. The molecule has 0 aromatic heterocycles. The molecule has 0 spiro atoms. The van der Waals surface area contributed by atoms with Gasteiger partial charge in [0.15, 0.2) is 0 Å². The molecule has 0 saturated carbocycles. The van der Waals surface area contributed by atoms with E-state index in [9.17, 15) is 35.7 Å². The first kappa shape index (κ1) is 28.9. The Labute approximate surface area is 200 Å². The van der Waals surface area contributed by atoms with Crippen molar-refractivity contribution in [1.29, 1.82) is 0 Å². The third kappa shape index (κ3) is 10.4. The average molecular weight is 481 g/mol. The van der Waals surface area contributed by atoms with Crippen LogP contribution >= 0.6 is 0 Å². The van der Waals surface area contributed by atoms with Crippen LogP contribution in [-0.4, -0.2) is 97.2 Å². The molecule has 1 saturated heterocycles. The van der Waals surface area contributed by atoms with Crippen molar-refractivity contribution in [2.45, 2.75) is 145 Å². The maximum atomic E-state index is 10.5. The molecule has 0 aliphatic carbocycles. The van der Waals surface area contributed by atoms with Crippen LogP contribution in [0.5, 0.6) is 0 Å². The van der Waals surface area contributed by atoms with Crippen molar-refractivity contribution in [3.63, 3.8) is 0 Å². The topological polar surface area (TPSA) is 177 Å². The van der Waals surface area contributed by atoms with Crippen molar-refractivity contribution in [2.75, 3.05) is 6.61 Å². The monoisotopic (exact) mass is 480 g/mol. The van der Waals surface area contributed by atoms with Crippen molar-refractivity contribution in [1.82, 2.24) is 0 Å². The Kier molecular flexibility index (Phi) is 15.0. The van der Waals surface area contributed by atoms with Gasteiger partial charge in [0.25, 0.3) is 0 Å². The zero-order valence-corrected chi connectivity index (χ0v) is 20.1. The van der Waals surface area contributed by atoms with Crippen LogP contribution in [0.15, 0.2) is 0 Å². The number of rotatable bonds is 18. The van der Waals surface area contributed by atoms with Gasteiger partial charge >= 0.3 is 0 Å². The fourth-order valence-corrected chi connectivity index (χ4v) is 4.28. The summed E-state index contributed by atoms with van der Waals surface area (Å²) in [5.41, 5.74) is 5.87. The van der Waals surface area contributed by atoms with Gasteiger partial charge < -0.3 is 46.2 Å². The van der Waals surface area contributed by atoms with E-state index in [1.165, 1.54) is 51.4 Å². The third-order valence-electron chi connectivity index (χ3n) is 6.61. The summed E-state index contributed by atoms with van der Waals surface area (Å²) in [5.74, 6) is 0. The van der Waals surface area contributed by atoms with E-state index in [1.807, 2.05) is 0 Å². The molecule has 198 valence electrons. The number of unbranched alkanes of at least 4 members (excludes halogenated alkanes) is 11. The Morgan fingerprint density at radius 2 is 1.27 bits per heavy atom. The first-order chi connectivity index (χ1) is 16.1. The summed E-state index contributed by atoms with van der Waals surface area (Å²) in [7, 11) is 0. The number of aliphatic hydroxyl groups is 7. The predicted molar refractivity (Wildman–Crippen MR) is 125 cm³/mol. The van der Waals surface area contributed by atoms with Gasteiger partial charge in [-0.25, -0.2) is 0 Å². The highest BCUT2D eigenvalue weighted by Crippen LogP contribution is 2.25. The first-order valence-corrected chi connectivity index (χ1v) is 12.7. The van der Waals surface area contributed by atoms with E-state index in [4.69, 9.17) is 11.8 Å². The third-order valence-corrected chi connectivity index (χ3v) is 6.61. The summed E-state index contributed by atoms with van der Waals surface area (Å²) in [6, 6.07) is -1.57. The van der Waals surface area contributed by atoms with Gasteiger partial charge in [-0.05, 0) is 6.42 Å². The average Bonchev–Trinajstić information content (AvgIpc) is 2.84. The maximum Gasteiger partial charge on any atom is 0.114 e. The van der Waals surface area contributed by atoms with Gasteiger partial charge in [-0.1, -0.05) is 84.0 Å². The van der Waals surface area contributed by atoms with Gasteiger partial charge in [0.1, 0.15) is 36.6 Å². The van der Waals surface area contributed by atoms with Gasteiger partial charge in [-0.3, -0.25) is 0 Å². The minimum atomic E-state index is -2.61. The van der Waals surface area contributed by atoms with E-state index in [0.717, 1.165) is 19.3 Å². The van der Waals surface area contributed by atoms with Gasteiger partial charge in [-0.15, -0.1) is 0 Å². The molecular formula is C24H49NO8. The second-order valence-corrected chi connectivity index (χ2v) is 9.43. The van der Waals surface area contributed by atoms with E-state index in [2.05, 4.69) is 6.92 Å². The molecule has 9 atom stereocenters. The minimum absolute atomic E-state index is 0.258. The lowest BCUT2D eigenvalue weighted by Gasteiger charge is -2.43. The lowest BCUT2D eigenvalue weighted by molar-refractivity contribution is -0.253. The smallest absolute Gasteiger partial charge is 0.114 e. The second-order valence-electron chi connectivity index (χ2n) is 9.43. The summed E-state index contributed by atoms with van der Waals surface area (Å²) in [5, 5.41) is 70.5. The normalized spacial score (nSPS) is 32.2. The summed E-state index contributed by atoms with van der Waals surface area (Å²) in [4.78, 5) is 0. The molecule has 1 rings (SSSR count). The molecule has 1 aliphatic rings. The molecule has 1 aliphatic heterocycles. The Morgan fingerprint density at radius 1 is 0.788 bits per heavy atom. The van der Waals surface area contributed by atoms with Crippen LogP contribution in [0.1, 0.15) is 91.8 Å². The molecule has 0 radical (unpaired) electrons. The van der Waals surface area contributed by atoms with Crippen LogP contribution in [0, 0.1) is 0 Å². The molecule has 0 amide bonds. The molecule has 1 fully saturated rings. The highest BCUT2D eigenvalue weighted by atomic mass is 16.6. The largest absolute Gasteiger partial charge is 0.394 e. The number of hydrogen-bond donors (Lipinski definition) is 8. The van der Waals surface area contributed by atoms with Crippen molar-refractivity contribution >= 4 is 0 Å². The molecule has 0 aromatic rings. The Morgan fingerprint density at radius 3 is 1.76 bits per heavy atom. The van der Waals surface area contributed by atoms with Gasteiger partial charge in [0.2, 0.25) is 0 Å². The van der Waals surface area contributed by atoms with Crippen LogP contribution in [0.2, 0.25) is 0 Å². The summed E-state index contributed by atoms with van der Waals surface area (Å²) >= 11 is 0. The molecule has 1 heterocycles. The van der Waals surface area contributed by atoms with E-state index in [0.29, 0.717) is 6.42 Å². The lowest BCUT2D eigenvalue weighted by Crippen LogP contribution is -2.65. The minimum Gasteiger partial charge on any atom is -0.394 e. The molecule has 9 nitrogen and oxygen atoms in total. The van der Waals surface area contributed by atoms with Crippen LogP contribution < -0.4 is 5.73 Å². The standard InChI is InChI=1S/C24H49NO8/c1-2-3-4-5-6-7-8-9-10-11-12-13-14-16(27)19(28)18(25)21(30)24-23(32)22(31)20(29)17(15-26)33-24/h16-24,26-32H,2-15,25H2,1H3/t16-,17-,18-,19-,20-,21?,22+,23-,24?/m1/s1/i24D. The number of nitrogens with two attached hydrogens (primary N) is 1. The summed E-state index contributed by atoms with van der Waals surface area (Å²) in [6.07, 6.45) is -0.243. The number of aliphatic hydroxyl groups excluding tert-OH is 7. The van der Waals surface area contributed by atoms with Gasteiger partial charge in [0, 0.05) is 0 Å². The molecule has 9 heteroatoms. The van der Waals surface area contributed by atoms with Crippen LogP contribution in [0.25, 0.3) is 0 Å².